The molecule has 2 rings (SSSR count). The molecule has 0 spiro atoms. The van der Waals surface area contributed by atoms with Crippen LogP contribution < -0.4 is 9.46 Å². The summed E-state index contributed by atoms with van der Waals surface area (Å²) in [5, 5.41) is 34.9. The predicted octanol–water partition coefficient (Wildman–Crippen LogP) is -0.0260. The van der Waals surface area contributed by atoms with Crippen LogP contribution in [0.1, 0.15) is 11.4 Å². The Morgan fingerprint density at radius 2 is 1.65 bits per heavy atom. The molecule has 88 valence electrons. The van der Waals surface area contributed by atoms with Gasteiger partial charge in [0.1, 0.15) is 7.05 Å². The second-order valence-electron chi connectivity index (χ2n) is 3.72. The second-order valence-corrected chi connectivity index (χ2v) is 3.72. The minimum Gasteiger partial charge on any atom is -0.624 e. The maximum atomic E-state index is 12.0. The smallest absolute Gasteiger partial charge is 0.350 e. The molecule has 0 aliphatic heterocycles. The van der Waals surface area contributed by atoms with Gasteiger partial charge in [0.2, 0.25) is 0 Å². The molecule has 1 aromatic carbocycles. The van der Waals surface area contributed by atoms with Crippen molar-refractivity contribution in [3.8, 4) is 0 Å². The molecule has 0 aliphatic carbocycles. The zero-order valence-electron chi connectivity index (χ0n) is 9.45. The summed E-state index contributed by atoms with van der Waals surface area (Å²) < 4.78 is 1.73. The number of para-hydroxylation sites is 2. The summed E-state index contributed by atoms with van der Waals surface area (Å²) in [6.45, 7) is 1.50. The van der Waals surface area contributed by atoms with E-state index in [0.717, 1.165) is 6.21 Å². The number of hydroxylamine groups is 1. The van der Waals surface area contributed by atoms with Crippen molar-refractivity contribution >= 4 is 17.2 Å². The molecule has 0 atom stereocenters. The Morgan fingerprint density at radius 3 is 2.18 bits per heavy atom. The van der Waals surface area contributed by atoms with E-state index >= 15 is 0 Å². The molecule has 0 aliphatic rings. The molecule has 0 amide bonds. The van der Waals surface area contributed by atoms with Gasteiger partial charge in [-0.25, -0.2) is 4.74 Å². The van der Waals surface area contributed by atoms with E-state index in [1.807, 2.05) is 0 Å². The minimum absolute atomic E-state index is 0.0520. The average molecular weight is 233 g/mol. The first-order chi connectivity index (χ1) is 8.02. The van der Waals surface area contributed by atoms with Crippen LogP contribution in [0.3, 0.4) is 0 Å². The topological polar surface area (TPSA) is 80.0 Å². The molecule has 17 heavy (non-hydrogen) atoms. The first kappa shape index (κ1) is 11.1. The lowest BCUT2D eigenvalue weighted by Gasteiger charge is -2.08. The summed E-state index contributed by atoms with van der Waals surface area (Å²) >= 11 is 0. The Bertz CT molecular complexity index is 619. The van der Waals surface area contributed by atoms with E-state index in [-0.39, 0.29) is 22.4 Å². The van der Waals surface area contributed by atoms with Gasteiger partial charge in [0, 0.05) is 19.1 Å². The van der Waals surface area contributed by atoms with Crippen molar-refractivity contribution in [1.82, 2.24) is 0 Å². The van der Waals surface area contributed by atoms with Crippen LogP contribution in [0, 0.1) is 22.5 Å². The first-order valence-corrected chi connectivity index (χ1v) is 5.01. The zero-order chi connectivity index (χ0) is 12.6. The quantitative estimate of drug-likeness (QED) is 0.300. The molecule has 6 heteroatoms. The van der Waals surface area contributed by atoms with Crippen molar-refractivity contribution in [2.45, 2.75) is 6.92 Å². The summed E-state index contributed by atoms with van der Waals surface area (Å²) in [6.07, 6.45) is 1.09. The Morgan fingerprint density at radius 1 is 1.12 bits per heavy atom. The lowest BCUT2D eigenvalue weighted by Crippen LogP contribution is -2.45. The van der Waals surface area contributed by atoms with E-state index in [4.69, 9.17) is 0 Å². The number of fused-ring (bicyclic) bond motifs is 1. The van der Waals surface area contributed by atoms with Gasteiger partial charge in [-0.3, -0.25) is 0 Å². The van der Waals surface area contributed by atoms with E-state index in [1.165, 1.54) is 20.0 Å². The van der Waals surface area contributed by atoms with Gasteiger partial charge in [-0.05, 0) is 0 Å². The fourth-order valence-corrected chi connectivity index (χ4v) is 1.69. The number of nitrogens with zero attached hydrogens (tertiary/aromatic N) is 3. The van der Waals surface area contributed by atoms with Gasteiger partial charge in [-0.2, -0.15) is 4.73 Å². The standard InChI is InChI=1S/C11H11N3O3/c1-8-11(7-12(2)15)14(17)10-6-4-3-5-9(10)13(8)16/h3-7H,1-2H3. The highest BCUT2D eigenvalue weighted by atomic mass is 16.5. The van der Waals surface area contributed by atoms with E-state index in [0.29, 0.717) is 14.2 Å². The van der Waals surface area contributed by atoms with Crippen LogP contribution in [0.2, 0.25) is 0 Å². The highest BCUT2D eigenvalue weighted by Crippen LogP contribution is 2.07. The summed E-state index contributed by atoms with van der Waals surface area (Å²) in [7, 11) is 1.25. The van der Waals surface area contributed by atoms with Crippen LogP contribution in [-0.4, -0.2) is 18.0 Å². The van der Waals surface area contributed by atoms with E-state index in [9.17, 15) is 15.6 Å². The maximum absolute atomic E-state index is 12.0. The van der Waals surface area contributed by atoms with Crippen LogP contribution in [-0.2, 0) is 0 Å². The Hall–Kier alpha value is -2.37. The van der Waals surface area contributed by atoms with Crippen molar-refractivity contribution < 1.29 is 14.2 Å². The number of aromatic nitrogens is 2. The van der Waals surface area contributed by atoms with Gasteiger partial charge in [0.25, 0.3) is 22.9 Å². The fraction of sp³-hybridized carbons (Fsp3) is 0.182. The van der Waals surface area contributed by atoms with Gasteiger partial charge in [0.15, 0.2) is 0 Å². The molecular formula is C11H11N3O3. The van der Waals surface area contributed by atoms with Crippen LogP contribution in [0.4, 0.5) is 0 Å². The second kappa shape index (κ2) is 3.89. The van der Waals surface area contributed by atoms with E-state index in [2.05, 4.69) is 0 Å². The van der Waals surface area contributed by atoms with Crippen LogP contribution >= 0.6 is 0 Å². The summed E-state index contributed by atoms with van der Waals surface area (Å²) in [5.41, 5.74) is 0.768. The van der Waals surface area contributed by atoms with Gasteiger partial charge in [0.05, 0.1) is 0 Å². The highest BCUT2D eigenvalue weighted by molar-refractivity contribution is 5.75. The number of rotatable bonds is 1. The molecule has 0 N–H and O–H groups in total. The fourth-order valence-electron chi connectivity index (χ4n) is 1.69. The number of hydrogen-bond acceptors (Lipinski definition) is 3. The van der Waals surface area contributed by atoms with Crippen LogP contribution in [0.25, 0.3) is 11.0 Å². The maximum Gasteiger partial charge on any atom is 0.350 e. The highest BCUT2D eigenvalue weighted by Gasteiger charge is 2.25. The molecule has 0 saturated heterocycles. The molecule has 1 aromatic heterocycles. The van der Waals surface area contributed by atoms with Crippen LogP contribution in [0.5, 0.6) is 0 Å². The number of benzene rings is 1. The Labute approximate surface area is 97.4 Å². The lowest BCUT2D eigenvalue weighted by atomic mass is 10.2. The number of hydrogen-bond donors (Lipinski definition) is 0. The molecular weight excluding hydrogens is 222 g/mol. The van der Waals surface area contributed by atoms with E-state index in [1.54, 1.807) is 18.2 Å². The lowest BCUT2D eigenvalue weighted by molar-refractivity contribution is -0.635. The minimum atomic E-state index is 0.0520. The van der Waals surface area contributed by atoms with Gasteiger partial charge in [-0.15, -0.1) is 4.73 Å². The zero-order valence-corrected chi connectivity index (χ0v) is 9.45. The van der Waals surface area contributed by atoms with Crippen molar-refractivity contribution in [1.29, 1.82) is 0 Å². The first-order valence-electron chi connectivity index (χ1n) is 5.01. The largest absolute Gasteiger partial charge is 0.624 e. The van der Waals surface area contributed by atoms with Crippen molar-refractivity contribution in [3.05, 3.63) is 51.3 Å². The third-order valence-corrected chi connectivity index (χ3v) is 2.52. The molecule has 6 nitrogen and oxygen atoms in total. The van der Waals surface area contributed by atoms with E-state index < -0.39 is 0 Å². The predicted molar refractivity (Wildman–Crippen MR) is 61.3 cm³/mol. The SMILES string of the molecule is Cc1c(C=[N+](C)[O-])[n+]([O-])c2ccccc2[n+]1[O-]. The molecule has 1 heterocycles. The Kier molecular flexibility index (Phi) is 2.55. The van der Waals surface area contributed by atoms with Gasteiger partial charge < -0.3 is 15.6 Å². The summed E-state index contributed by atoms with van der Waals surface area (Å²) in [5.74, 6) is 0. The monoisotopic (exact) mass is 233 g/mol. The Balaban J connectivity index is 2.91. The third-order valence-electron chi connectivity index (χ3n) is 2.52. The van der Waals surface area contributed by atoms with Crippen molar-refractivity contribution in [2.24, 2.45) is 0 Å². The normalized spacial score (nSPS) is 12.0. The molecule has 0 radical (unpaired) electrons. The van der Waals surface area contributed by atoms with Gasteiger partial charge >= 0.3 is 5.69 Å². The molecule has 0 fully saturated rings. The van der Waals surface area contributed by atoms with Crippen molar-refractivity contribution in [2.75, 3.05) is 7.05 Å². The molecule has 0 unspecified atom stereocenters. The third kappa shape index (κ3) is 1.73. The molecule has 0 bridgehead atoms. The van der Waals surface area contributed by atoms with Crippen molar-refractivity contribution in [3.63, 3.8) is 0 Å². The molecule has 0 saturated carbocycles. The van der Waals surface area contributed by atoms with Crippen LogP contribution in [0.15, 0.2) is 24.3 Å². The summed E-state index contributed by atoms with van der Waals surface area (Å²) in [6, 6.07) is 6.45. The average Bonchev–Trinajstić information content (AvgIpc) is 2.31. The van der Waals surface area contributed by atoms with Gasteiger partial charge in [-0.1, -0.05) is 12.1 Å². The summed E-state index contributed by atoms with van der Waals surface area (Å²) in [4.78, 5) is 0. The molecule has 2 aromatic rings.